The maximum absolute atomic E-state index is 12.4. The monoisotopic (exact) mass is 542 g/mol. The van der Waals surface area contributed by atoms with Crippen molar-refractivity contribution in [3.05, 3.63) is 92.4 Å². The van der Waals surface area contributed by atoms with E-state index in [1.165, 1.54) is 11.8 Å². The van der Waals surface area contributed by atoms with Crippen LogP contribution in [0, 0.1) is 3.57 Å². The van der Waals surface area contributed by atoms with Gasteiger partial charge in [-0.25, -0.2) is 4.99 Å². The summed E-state index contributed by atoms with van der Waals surface area (Å²) in [5.74, 6) is 1.09. The number of nitrogens with zero attached hydrogens (tertiary/aromatic N) is 1. The van der Waals surface area contributed by atoms with Crippen LogP contribution in [0.5, 0.6) is 11.5 Å². The lowest BCUT2D eigenvalue weighted by atomic mass is 10.2. The molecule has 0 spiro atoms. The van der Waals surface area contributed by atoms with Gasteiger partial charge in [-0.15, -0.1) is 0 Å². The summed E-state index contributed by atoms with van der Waals surface area (Å²) in [7, 11) is 1.60. The third-order valence-corrected chi connectivity index (χ3v) is 5.99. The standard InChI is InChI=1S/C24H19IN2O3S/c1-29-21-12-17(10-11-20(21)30-15-16-6-3-2-4-7-16)13-22-23(28)27-24(31-22)26-19-9-5-8-18(25)14-19/h2-14H,15H2,1H3,(H,26,27,28)/b22-13+. The smallest absolute Gasteiger partial charge is 0.264 e. The van der Waals surface area contributed by atoms with Crippen molar-refractivity contribution in [2.75, 3.05) is 7.11 Å². The third-order valence-electron chi connectivity index (χ3n) is 4.41. The number of benzene rings is 3. The molecule has 1 amide bonds. The number of amidine groups is 1. The summed E-state index contributed by atoms with van der Waals surface area (Å²) in [6.07, 6.45) is 1.82. The summed E-state index contributed by atoms with van der Waals surface area (Å²) >= 11 is 3.55. The van der Waals surface area contributed by atoms with Gasteiger partial charge in [0.2, 0.25) is 0 Å². The van der Waals surface area contributed by atoms with Gasteiger partial charge in [0.05, 0.1) is 17.7 Å². The maximum Gasteiger partial charge on any atom is 0.264 e. The zero-order valence-electron chi connectivity index (χ0n) is 16.7. The molecule has 1 saturated heterocycles. The molecule has 0 aliphatic carbocycles. The Labute approximate surface area is 198 Å². The lowest BCUT2D eigenvalue weighted by molar-refractivity contribution is -0.115. The molecule has 0 aromatic heterocycles. The number of rotatable bonds is 6. The van der Waals surface area contributed by atoms with E-state index in [1.807, 2.05) is 78.9 Å². The minimum atomic E-state index is -0.169. The topological polar surface area (TPSA) is 59.9 Å². The van der Waals surface area contributed by atoms with Gasteiger partial charge in [-0.2, -0.15) is 0 Å². The minimum Gasteiger partial charge on any atom is -0.493 e. The van der Waals surface area contributed by atoms with Crippen molar-refractivity contribution in [1.29, 1.82) is 0 Å². The molecule has 3 aromatic rings. The highest BCUT2D eigenvalue weighted by molar-refractivity contribution is 14.1. The number of thioether (sulfide) groups is 1. The second kappa shape index (κ2) is 10.0. The Bertz CT molecular complexity index is 1160. The van der Waals surface area contributed by atoms with Crippen LogP contribution >= 0.6 is 34.4 Å². The van der Waals surface area contributed by atoms with Crippen LogP contribution in [0.2, 0.25) is 0 Å². The zero-order valence-corrected chi connectivity index (χ0v) is 19.6. The Kier molecular flexibility index (Phi) is 6.93. The van der Waals surface area contributed by atoms with E-state index < -0.39 is 0 Å². The summed E-state index contributed by atoms with van der Waals surface area (Å²) in [6.45, 7) is 0.453. The van der Waals surface area contributed by atoms with Crippen LogP contribution in [0.15, 0.2) is 82.7 Å². The SMILES string of the molecule is COc1cc(/C=C2/SC(=Nc3cccc(I)c3)NC2=O)ccc1OCc1ccccc1. The van der Waals surface area contributed by atoms with E-state index in [0.717, 1.165) is 20.4 Å². The Morgan fingerprint density at radius 1 is 1.03 bits per heavy atom. The van der Waals surface area contributed by atoms with Crippen molar-refractivity contribution in [2.24, 2.45) is 4.99 Å². The molecule has 3 aromatic carbocycles. The third kappa shape index (κ3) is 5.68. The molecule has 0 unspecified atom stereocenters. The van der Waals surface area contributed by atoms with E-state index in [-0.39, 0.29) is 5.91 Å². The van der Waals surface area contributed by atoms with Gasteiger partial charge in [0.25, 0.3) is 5.91 Å². The molecule has 156 valence electrons. The predicted octanol–water partition coefficient (Wildman–Crippen LogP) is 5.77. The zero-order chi connectivity index (χ0) is 21.6. The molecule has 1 fully saturated rings. The molecular weight excluding hydrogens is 523 g/mol. The molecule has 0 bridgehead atoms. The molecule has 0 saturated carbocycles. The average molecular weight is 542 g/mol. The first-order chi connectivity index (χ1) is 15.1. The van der Waals surface area contributed by atoms with Crippen LogP contribution in [0.4, 0.5) is 5.69 Å². The van der Waals surface area contributed by atoms with Crippen molar-refractivity contribution >= 4 is 57.2 Å². The van der Waals surface area contributed by atoms with Crippen LogP contribution in [-0.2, 0) is 11.4 Å². The fourth-order valence-electron chi connectivity index (χ4n) is 2.92. The molecule has 4 rings (SSSR count). The average Bonchev–Trinajstić information content (AvgIpc) is 3.11. The summed E-state index contributed by atoms with van der Waals surface area (Å²) in [4.78, 5) is 17.5. The molecular formula is C24H19IN2O3S. The van der Waals surface area contributed by atoms with Crippen LogP contribution in [0.25, 0.3) is 6.08 Å². The Morgan fingerprint density at radius 3 is 2.65 bits per heavy atom. The number of aliphatic imine (C=N–C) groups is 1. The molecule has 0 atom stereocenters. The van der Waals surface area contributed by atoms with E-state index in [9.17, 15) is 4.79 Å². The first kappa shape index (κ1) is 21.5. The first-order valence-corrected chi connectivity index (χ1v) is 11.4. The van der Waals surface area contributed by atoms with E-state index in [1.54, 1.807) is 7.11 Å². The van der Waals surface area contributed by atoms with Crippen LogP contribution < -0.4 is 14.8 Å². The van der Waals surface area contributed by atoms with Gasteiger partial charge in [0.15, 0.2) is 16.7 Å². The summed E-state index contributed by atoms with van der Waals surface area (Å²) in [6, 6.07) is 23.4. The molecule has 0 radical (unpaired) electrons. The highest BCUT2D eigenvalue weighted by Crippen LogP contribution is 2.32. The lowest BCUT2D eigenvalue weighted by Crippen LogP contribution is -2.19. The van der Waals surface area contributed by atoms with Gasteiger partial charge >= 0.3 is 0 Å². The van der Waals surface area contributed by atoms with E-state index in [4.69, 9.17) is 9.47 Å². The number of carbonyl (C=O) groups excluding carboxylic acids is 1. The molecule has 31 heavy (non-hydrogen) atoms. The lowest BCUT2D eigenvalue weighted by Gasteiger charge is -2.11. The van der Waals surface area contributed by atoms with Crippen LogP contribution in [-0.4, -0.2) is 18.2 Å². The molecule has 7 heteroatoms. The highest BCUT2D eigenvalue weighted by Gasteiger charge is 2.24. The predicted molar refractivity (Wildman–Crippen MR) is 134 cm³/mol. The number of hydrogen-bond donors (Lipinski definition) is 1. The summed E-state index contributed by atoms with van der Waals surface area (Å²) < 4.78 is 12.5. The fourth-order valence-corrected chi connectivity index (χ4v) is 4.29. The first-order valence-electron chi connectivity index (χ1n) is 9.50. The maximum atomic E-state index is 12.4. The Hall–Kier alpha value is -2.78. The second-order valence-electron chi connectivity index (χ2n) is 6.65. The number of hydrogen-bond acceptors (Lipinski definition) is 5. The normalized spacial score (nSPS) is 15.9. The van der Waals surface area contributed by atoms with Crippen molar-refractivity contribution in [3.8, 4) is 11.5 Å². The summed E-state index contributed by atoms with van der Waals surface area (Å²) in [5, 5.41) is 3.38. The number of nitrogens with one attached hydrogen (secondary N) is 1. The van der Waals surface area contributed by atoms with Crippen molar-refractivity contribution < 1.29 is 14.3 Å². The van der Waals surface area contributed by atoms with Crippen LogP contribution in [0.3, 0.4) is 0 Å². The van der Waals surface area contributed by atoms with Gasteiger partial charge in [-0.3, -0.25) is 4.79 Å². The molecule has 1 aliphatic rings. The van der Waals surface area contributed by atoms with Crippen molar-refractivity contribution in [1.82, 2.24) is 5.32 Å². The largest absolute Gasteiger partial charge is 0.493 e. The number of halogens is 1. The van der Waals surface area contributed by atoms with Gasteiger partial charge in [-0.05, 0) is 81.9 Å². The number of amides is 1. The number of carbonyl (C=O) groups is 1. The molecule has 1 N–H and O–H groups in total. The van der Waals surface area contributed by atoms with E-state index in [2.05, 4.69) is 32.9 Å². The van der Waals surface area contributed by atoms with Crippen LogP contribution in [0.1, 0.15) is 11.1 Å². The Balaban J connectivity index is 1.49. The van der Waals surface area contributed by atoms with Gasteiger partial charge < -0.3 is 14.8 Å². The molecule has 1 heterocycles. The van der Waals surface area contributed by atoms with Gasteiger partial charge in [0.1, 0.15) is 6.61 Å². The van der Waals surface area contributed by atoms with E-state index >= 15 is 0 Å². The highest BCUT2D eigenvalue weighted by atomic mass is 127. The molecule has 1 aliphatic heterocycles. The van der Waals surface area contributed by atoms with Crippen molar-refractivity contribution in [2.45, 2.75) is 6.61 Å². The van der Waals surface area contributed by atoms with Gasteiger partial charge in [0, 0.05) is 3.57 Å². The number of ether oxygens (including phenoxy) is 2. The Morgan fingerprint density at radius 2 is 1.87 bits per heavy atom. The van der Waals surface area contributed by atoms with Crippen molar-refractivity contribution in [3.63, 3.8) is 0 Å². The second-order valence-corrected chi connectivity index (χ2v) is 8.92. The summed E-state index contributed by atoms with van der Waals surface area (Å²) in [5.41, 5.74) is 2.73. The van der Waals surface area contributed by atoms with E-state index in [0.29, 0.717) is 28.2 Å². The van der Waals surface area contributed by atoms with Gasteiger partial charge in [-0.1, -0.05) is 42.5 Å². The quantitative estimate of drug-likeness (QED) is 0.318. The molecule has 5 nitrogen and oxygen atoms in total. The minimum absolute atomic E-state index is 0.169. The fraction of sp³-hybridized carbons (Fsp3) is 0.0833. The number of methoxy groups -OCH3 is 1.